The van der Waals surface area contributed by atoms with Gasteiger partial charge in [-0.05, 0) is 42.7 Å². The number of rotatable bonds is 5. The van der Waals surface area contributed by atoms with E-state index in [1.54, 1.807) is 19.2 Å². The SMILES string of the molecule is COc1ccccc1C(=O)NCC1(c2cccc(Cl)c2)CCOCC1. The van der Waals surface area contributed by atoms with Crippen molar-refractivity contribution in [1.29, 1.82) is 0 Å². The molecule has 1 heterocycles. The van der Waals surface area contributed by atoms with Crippen molar-refractivity contribution in [1.82, 2.24) is 5.32 Å². The van der Waals surface area contributed by atoms with Gasteiger partial charge in [0.05, 0.1) is 12.7 Å². The molecule has 132 valence electrons. The fourth-order valence-corrected chi connectivity index (χ4v) is 3.52. The lowest BCUT2D eigenvalue weighted by molar-refractivity contribution is 0.0487. The summed E-state index contributed by atoms with van der Waals surface area (Å²) in [7, 11) is 1.57. The van der Waals surface area contributed by atoms with Crippen molar-refractivity contribution in [3.8, 4) is 5.75 Å². The number of hydrogen-bond acceptors (Lipinski definition) is 3. The van der Waals surface area contributed by atoms with Crippen LogP contribution in [0.3, 0.4) is 0 Å². The summed E-state index contributed by atoms with van der Waals surface area (Å²) in [6.45, 7) is 1.89. The normalized spacial score (nSPS) is 16.2. The molecule has 1 N–H and O–H groups in total. The Balaban J connectivity index is 1.81. The average molecular weight is 360 g/mol. The van der Waals surface area contributed by atoms with Crippen molar-refractivity contribution in [3.05, 3.63) is 64.7 Å². The minimum Gasteiger partial charge on any atom is -0.496 e. The van der Waals surface area contributed by atoms with Gasteiger partial charge in [-0.25, -0.2) is 0 Å². The van der Waals surface area contributed by atoms with Gasteiger partial charge in [0.1, 0.15) is 5.75 Å². The van der Waals surface area contributed by atoms with Crippen LogP contribution in [0, 0.1) is 0 Å². The molecule has 25 heavy (non-hydrogen) atoms. The maximum Gasteiger partial charge on any atom is 0.255 e. The van der Waals surface area contributed by atoms with Gasteiger partial charge in [0.15, 0.2) is 0 Å². The first-order chi connectivity index (χ1) is 12.1. The predicted molar refractivity (Wildman–Crippen MR) is 98.5 cm³/mol. The van der Waals surface area contributed by atoms with E-state index < -0.39 is 0 Å². The van der Waals surface area contributed by atoms with E-state index in [4.69, 9.17) is 21.1 Å². The molecule has 4 nitrogen and oxygen atoms in total. The number of nitrogens with one attached hydrogen (secondary N) is 1. The Kier molecular flexibility index (Phi) is 5.61. The van der Waals surface area contributed by atoms with Gasteiger partial charge < -0.3 is 14.8 Å². The molecule has 1 aliphatic heterocycles. The van der Waals surface area contributed by atoms with E-state index >= 15 is 0 Å². The van der Waals surface area contributed by atoms with Crippen molar-refractivity contribution in [2.75, 3.05) is 26.9 Å². The molecule has 0 saturated carbocycles. The monoisotopic (exact) mass is 359 g/mol. The molecule has 2 aromatic rings. The van der Waals surface area contributed by atoms with E-state index in [9.17, 15) is 4.79 Å². The Hall–Kier alpha value is -2.04. The summed E-state index contributed by atoms with van der Waals surface area (Å²) in [5.41, 5.74) is 1.52. The molecule has 5 heteroatoms. The molecule has 0 aliphatic carbocycles. The summed E-state index contributed by atoms with van der Waals surface area (Å²) in [6, 6.07) is 15.1. The third kappa shape index (κ3) is 3.97. The van der Waals surface area contributed by atoms with E-state index in [1.807, 2.05) is 30.3 Å². The second-order valence-corrected chi connectivity index (χ2v) is 6.72. The van der Waals surface area contributed by atoms with Crippen LogP contribution in [0.15, 0.2) is 48.5 Å². The van der Waals surface area contributed by atoms with Gasteiger partial charge in [-0.3, -0.25) is 4.79 Å². The first-order valence-corrected chi connectivity index (χ1v) is 8.77. The number of halogens is 1. The zero-order valence-corrected chi connectivity index (χ0v) is 15.0. The number of methoxy groups -OCH3 is 1. The molecular formula is C20H22ClNO3. The van der Waals surface area contributed by atoms with Crippen LogP contribution in [0.25, 0.3) is 0 Å². The molecule has 2 aromatic carbocycles. The Morgan fingerprint density at radius 3 is 2.68 bits per heavy atom. The molecule has 1 aliphatic rings. The first kappa shape index (κ1) is 17.8. The highest BCUT2D eigenvalue weighted by Gasteiger charge is 2.35. The maximum absolute atomic E-state index is 12.7. The van der Waals surface area contributed by atoms with Gasteiger partial charge >= 0.3 is 0 Å². The predicted octanol–water partition coefficient (Wildman–Crippen LogP) is 3.83. The molecule has 0 aromatic heterocycles. The summed E-state index contributed by atoms with van der Waals surface area (Å²) in [4.78, 5) is 12.7. The second kappa shape index (κ2) is 7.89. The number of amides is 1. The molecular weight excluding hydrogens is 338 g/mol. The standard InChI is InChI=1S/C20H22ClNO3/c1-24-18-8-3-2-7-17(18)19(23)22-14-20(9-11-25-12-10-20)15-5-4-6-16(21)13-15/h2-8,13H,9-12,14H2,1H3,(H,22,23). The van der Waals surface area contributed by atoms with E-state index in [-0.39, 0.29) is 11.3 Å². The summed E-state index contributed by atoms with van der Waals surface area (Å²) in [5, 5.41) is 3.79. The molecule has 1 fully saturated rings. The van der Waals surface area contributed by atoms with Crippen LogP contribution < -0.4 is 10.1 Å². The second-order valence-electron chi connectivity index (χ2n) is 6.29. The number of hydrogen-bond donors (Lipinski definition) is 1. The molecule has 1 saturated heterocycles. The average Bonchev–Trinajstić information content (AvgIpc) is 2.67. The van der Waals surface area contributed by atoms with Gasteiger partial charge in [-0.15, -0.1) is 0 Å². The Morgan fingerprint density at radius 2 is 1.96 bits per heavy atom. The van der Waals surface area contributed by atoms with Crippen LogP contribution in [-0.4, -0.2) is 32.8 Å². The highest BCUT2D eigenvalue weighted by atomic mass is 35.5. The van der Waals surface area contributed by atoms with E-state index in [0.717, 1.165) is 18.4 Å². The lowest BCUT2D eigenvalue weighted by Crippen LogP contribution is -2.44. The largest absolute Gasteiger partial charge is 0.496 e. The van der Waals surface area contributed by atoms with Crippen LogP contribution >= 0.6 is 11.6 Å². The van der Waals surface area contributed by atoms with Gasteiger partial charge in [-0.1, -0.05) is 35.9 Å². The summed E-state index contributed by atoms with van der Waals surface area (Å²) in [6.07, 6.45) is 1.69. The lowest BCUT2D eigenvalue weighted by Gasteiger charge is -2.38. The van der Waals surface area contributed by atoms with Crippen LogP contribution in [0.4, 0.5) is 0 Å². The van der Waals surface area contributed by atoms with Gasteiger partial charge in [0.2, 0.25) is 0 Å². The van der Waals surface area contributed by atoms with Gasteiger partial charge in [0, 0.05) is 30.2 Å². The molecule has 0 bridgehead atoms. The Morgan fingerprint density at radius 1 is 1.20 bits per heavy atom. The molecule has 0 atom stereocenters. The fourth-order valence-electron chi connectivity index (χ4n) is 3.32. The first-order valence-electron chi connectivity index (χ1n) is 8.40. The van der Waals surface area contributed by atoms with Crippen molar-refractivity contribution in [2.24, 2.45) is 0 Å². The van der Waals surface area contributed by atoms with Crippen LogP contribution in [0.5, 0.6) is 5.75 Å². The quantitative estimate of drug-likeness (QED) is 0.882. The third-order valence-corrected chi connectivity index (χ3v) is 5.06. The lowest BCUT2D eigenvalue weighted by atomic mass is 9.74. The van der Waals surface area contributed by atoms with Crippen LogP contribution in [-0.2, 0) is 10.2 Å². The fraction of sp³-hybridized carbons (Fsp3) is 0.350. The Bertz CT molecular complexity index is 741. The number of benzene rings is 2. The highest BCUT2D eigenvalue weighted by Crippen LogP contribution is 2.35. The molecule has 0 unspecified atom stereocenters. The van der Waals surface area contributed by atoms with Crippen LogP contribution in [0.1, 0.15) is 28.8 Å². The smallest absolute Gasteiger partial charge is 0.255 e. The summed E-state index contributed by atoms with van der Waals surface area (Å²) >= 11 is 6.19. The Labute approximate surface area is 153 Å². The summed E-state index contributed by atoms with van der Waals surface area (Å²) < 4.78 is 10.8. The van der Waals surface area contributed by atoms with E-state index in [1.165, 1.54) is 0 Å². The third-order valence-electron chi connectivity index (χ3n) is 4.83. The van der Waals surface area contributed by atoms with Gasteiger partial charge in [0.25, 0.3) is 5.91 Å². The van der Waals surface area contributed by atoms with Crippen molar-refractivity contribution in [2.45, 2.75) is 18.3 Å². The van der Waals surface area contributed by atoms with Crippen molar-refractivity contribution >= 4 is 17.5 Å². The zero-order valence-electron chi connectivity index (χ0n) is 14.3. The molecule has 0 radical (unpaired) electrons. The molecule has 0 spiro atoms. The van der Waals surface area contributed by atoms with Crippen molar-refractivity contribution in [3.63, 3.8) is 0 Å². The van der Waals surface area contributed by atoms with Crippen LogP contribution in [0.2, 0.25) is 5.02 Å². The molecule has 3 rings (SSSR count). The zero-order chi connectivity index (χ0) is 17.7. The minimum atomic E-state index is -0.166. The topological polar surface area (TPSA) is 47.6 Å². The number of ether oxygens (including phenoxy) is 2. The number of carbonyl (C=O) groups is 1. The maximum atomic E-state index is 12.7. The van der Waals surface area contributed by atoms with E-state index in [0.29, 0.717) is 36.1 Å². The summed E-state index contributed by atoms with van der Waals surface area (Å²) in [5.74, 6) is 0.439. The number of carbonyl (C=O) groups excluding carboxylic acids is 1. The highest BCUT2D eigenvalue weighted by molar-refractivity contribution is 6.30. The van der Waals surface area contributed by atoms with Gasteiger partial charge in [-0.2, -0.15) is 0 Å². The van der Waals surface area contributed by atoms with E-state index in [2.05, 4.69) is 11.4 Å². The minimum absolute atomic E-state index is 0.134. The number of para-hydroxylation sites is 1. The molecule has 1 amide bonds. The van der Waals surface area contributed by atoms with Crippen molar-refractivity contribution < 1.29 is 14.3 Å².